The molecule has 3 rings (SSSR count). The van der Waals surface area contributed by atoms with Gasteiger partial charge < -0.3 is 10.2 Å². The van der Waals surface area contributed by atoms with Crippen LogP contribution in [0.4, 0.5) is 5.69 Å². The van der Waals surface area contributed by atoms with E-state index >= 15 is 0 Å². The van der Waals surface area contributed by atoms with Gasteiger partial charge in [0, 0.05) is 50.4 Å². The van der Waals surface area contributed by atoms with E-state index in [2.05, 4.69) is 60.2 Å². The molecule has 0 saturated heterocycles. The Balaban J connectivity index is 2.06. The maximum Gasteiger partial charge on any atom is 0.0717 e. The molecule has 112 valence electrons. The van der Waals surface area contributed by atoms with Gasteiger partial charge in [0.25, 0.3) is 0 Å². The van der Waals surface area contributed by atoms with E-state index in [1.807, 2.05) is 0 Å². The molecule has 1 aromatic heterocycles. The summed E-state index contributed by atoms with van der Waals surface area (Å²) in [6.07, 6.45) is 2.10. The van der Waals surface area contributed by atoms with E-state index in [1.165, 1.54) is 28.2 Å². The van der Waals surface area contributed by atoms with Gasteiger partial charge in [-0.3, -0.25) is 4.68 Å². The zero-order valence-corrected chi connectivity index (χ0v) is 13.2. The van der Waals surface area contributed by atoms with Gasteiger partial charge in [0.05, 0.1) is 11.4 Å². The molecule has 0 radical (unpaired) electrons. The lowest BCUT2D eigenvalue weighted by molar-refractivity contribution is 0.638. The van der Waals surface area contributed by atoms with Crippen molar-refractivity contribution in [3.05, 3.63) is 35.5 Å². The van der Waals surface area contributed by atoms with Crippen molar-refractivity contribution < 1.29 is 0 Å². The monoisotopic (exact) mass is 284 g/mol. The SMILES string of the molecule is CCn1nc2c(c1-c1ccc(N(C)C)cc1)CCNCC2. The molecule has 2 aromatic rings. The highest BCUT2D eigenvalue weighted by Gasteiger charge is 2.19. The number of hydrogen-bond acceptors (Lipinski definition) is 3. The van der Waals surface area contributed by atoms with Crippen molar-refractivity contribution in [1.82, 2.24) is 15.1 Å². The molecular weight excluding hydrogens is 260 g/mol. The van der Waals surface area contributed by atoms with Gasteiger partial charge in [-0.2, -0.15) is 5.10 Å². The molecule has 1 aliphatic rings. The zero-order chi connectivity index (χ0) is 14.8. The Kier molecular flexibility index (Phi) is 3.97. The van der Waals surface area contributed by atoms with Crippen molar-refractivity contribution in [3.63, 3.8) is 0 Å². The second-order valence-corrected chi connectivity index (χ2v) is 5.78. The molecule has 0 fully saturated rings. The Labute approximate surface area is 126 Å². The van der Waals surface area contributed by atoms with Crippen LogP contribution in [-0.4, -0.2) is 37.0 Å². The molecule has 0 saturated carbocycles. The molecule has 21 heavy (non-hydrogen) atoms. The third-order valence-corrected chi connectivity index (χ3v) is 4.18. The molecule has 4 heteroatoms. The molecule has 1 aromatic carbocycles. The van der Waals surface area contributed by atoms with Crippen molar-refractivity contribution in [2.45, 2.75) is 26.3 Å². The lowest BCUT2D eigenvalue weighted by Gasteiger charge is -2.14. The molecule has 4 nitrogen and oxygen atoms in total. The fourth-order valence-electron chi connectivity index (χ4n) is 3.03. The predicted molar refractivity (Wildman–Crippen MR) is 87.9 cm³/mol. The molecule has 0 atom stereocenters. The van der Waals surface area contributed by atoms with Crippen molar-refractivity contribution in [3.8, 4) is 11.3 Å². The van der Waals surface area contributed by atoms with Crippen LogP contribution in [0.5, 0.6) is 0 Å². The van der Waals surface area contributed by atoms with E-state index in [4.69, 9.17) is 5.10 Å². The van der Waals surface area contributed by atoms with E-state index in [1.54, 1.807) is 0 Å². The first-order chi connectivity index (χ1) is 10.2. The minimum absolute atomic E-state index is 0.922. The minimum atomic E-state index is 0.922. The van der Waals surface area contributed by atoms with Crippen LogP contribution in [0.25, 0.3) is 11.3 Å². The quantitative estimate of drug-likeness (QED) is 0.939. The summed E-state index contributed by atoms with van der Waals surface area (Å²) in [6, 6.07) is 8.81. The zero-order valence-electron chi connectivity index (χ0n) is 13.2. The number of nitrogens with one attached hydrogen (secondary N) is 1. The molecule has 0 aliphatic carbocycles. The van der Waals surface area contributed by atoms with Gasteiger partial charge in [-0.1, -0.05) is 12.1 Å². The second kappa shape index (κ2) is 5.90. The highest BCUT2D eigenvalue weighted by atomic mass is 15.3. The topological polar surface area (TPSA) is 33.1 Å². The Morgan fingerprint density at radius 2 is 1.86 bits per heavy atom. The lowest BCUT2D eigenvalue weighted by atomic mass is 10.0. The summed E-state index contributed by atoms with van der Waals surface area (Å²) in [5, 5.41) is 8.29. The van der Waals surface area contributed by atoms with Crippen LogP contribution in [0.3, 0.4) is 0 Å². The van der Waals surface area contributed by atoms with Gasteiger partial charge >= 0.3 is 0 Å². The first-order valence-corrected chi connectivity index (χ1v) is 7.77. The number of anilines is 1. The Morgan fingerprint density at radius 3 is 2.52 bits per heavy atom. The summed E-state index contributed by atoms with van der Waals surface area (Å²) >= 11 is 0. The molecule has 0 unspecified atom stereocenters. The number of aryl methyl sites for hydroxylation is 1. The first kappa shape index (κ1) is 14.1. The van der Waals surface area contributed by atoms with Gasteiger partial charge in [-0.25, -0.2) is 0 Å². The van der Waals surface area contributed by atoms with Crippen molar-refractivity contribution in [2.75, 3.05) is 32.1 Å². The molecule has 1 N–H and O–H groups in total. The van der Waals surface area contributed by atoms with E-state index in [-0.39, 0.29) is 0 Å². The smallest absolute Gasteiger partial charge is 0.0717 e. The van der Waals surface area contributed by atoms with Crippen LogP contribution < -0.4 is 10.2 Å². The number of rotatable bonds is 3. The number of nitrogens with zero attached hydrogens (tertiary/aromatic N) is 3. The maximum absolute atomic E-state index is 4.83. The highest BCUT2D eigenvalue weighted by molar-refractivity contribution is 5.67. The van der Waals surface area contributed by atoms with E-state index < -0.39 is 0 Å². The van der Waals surface area contributed by atoms with Crippen LogP contribution in [0.15, 0.2) is 24.3 Å². The third kappa shape index (κ3) is 2.68. The minimum Gasteiger partial charge on any atom is -0.378 e. The number of hydrogen-bond donors (Lipinski definition) is 1. The molecule has 2 heterocycles. The average molecular weight is 284 g/mol. The van der Waals surface area contributed by atoms with E-state index in [9.17, 15) is 0 Å². The van der Waals surface area contributed by atoms with Gasteiger partial charge in [0.1, 0.15) is 0 Å². The summed E-state index contributed by atoms with van der Waals surface area (Å²) in [7, 11) is 4.14. The number of benzene rings is 1. The van der Waals surface area contributed by atoms with E-state index in [0.717, 1.165) is 32.5 Å². The van der Waals surface area contributed by atoms with Gasteiger partial charge in [-0.15, -0.1) is 0 Å². The second-order valence-electron chi connectivity index (χ2n) is 5.78. The predicted octanol–water partition coefficient (Wildman–Crippen LogP) is 2.32. The van der Waals surface area contributed by atoms with Gasteiger partial charge in [0.2, 0.25) is 0 Å². The fourth-order valence-corrected chi connectivity index (χ4v) is 3.03. The van der Waals surface area contributed by atoms with Crippen molar-refractivity contribution in [1.29, 1.82) is 0 Å². The lowest BCUT2D eigenvalue weighted by Crippen LogP contribution is -2.17. The summed E-state index contributed by atoms with van der Waals surface area (Å²) < 4.78 is 2.17. The van der Waals surface area contributed by atoms with Crippen LogP contribution >= 0.6 is 0 Å². The van der Waals surface area contributed by atoms with Crippen LogP contribution in [0.1, 0.15) is 18.2 Å². The normalized spacial score (nSPS) is 14.6. The van der Waals surface area contributed by atoms with Crippen LogP contribution in [0, 0.1) is 0 Å². The van der Waals surface area contributed by atoms with Crippen molar-refractivity contribution >= 4 is 5.69 Å². The number of aromatic nitrogens is 2. The average Bonchev–Trinajstić information content (AvgIpc) is 2.69. The summed E-state index contributed by atoms with van der Waals surface area (Å²) in [5.74, 6) is 0. The number of fused-ring (bicyclic) bond motifs is 1. The largest absolute Gasteiger partial charge is 0.378 e. The molecular formula is C17H24N4. The first-order valence-electron chi connectivity index (χ1n) is 7.77. The van der Waals surface area contributed by atoms with Crippen molar-refractivity contribution in [2.24, 2.45) is 0 Å². The Bertz CT molecular complexity index is 610. The standard InChI is InChI=1S/C17H24N4/c1-4-21-17(13-5-7-14(8-6-13)20(2)3)15-9-11-18-12-10-16(15)19-21/h5-8,18H,4,9-12H2,1-3H3. The Hall–Kier alpha value is -1.81. The van der Waals surface area contributed by atoms with Crippen LogP contribution in [0.2, 0.25) is 0 Å². The van der Waals surface area contributed by atoms with E-state index in [0.29, 0.717) is 0 Å². The Morgan fingerprint density at radius 1 is 1.14 bits per heavy atom. The molecule has 1 aliphatic heterocycles. The highest BCUT2D eigenvalue weighted by Crippen LogP contribution is 2.29. The molecule has 0 spiro atoms. The van der Waals surface area contributed by atoms with Crippen LogP contribution in [-0.2, 0) is 19.4 Å². The fraction of sp³-hybridized carbons (Fsp3) is 0.471. The summed E-state index contributed by atoms with van der Waals surface area (Å²) in [5.41, 5.74) is 6.52. The van der Waals surface area contributed by atoms with Gasteiger partial charge in [-0.05, 0) is 32.0 Å². The summed E-state index contributed by atoms with van der Waals surface area (Å²) in [6.45, 7) is 5.17. The maximum atomic E-state index is 4.83. The molecule has 0 bridgehead atoms. The summed E-state index contributed by atoms with van der Waals surface area (Å²) in [4.78, 5) is 2.13. The molecule has 0 amide bonds. The third-order valence-electron chi connectivity index (χ3n) is 4.18. The van der Waals surface area contributed by atoms with Gasteiger partial charge in [0.15, 0.2) is 0 Å².